The minimum atomic E-state index is -4.87. The molecule has 4 unspecified atom stereocenters. The number of fused-ring (bicyclic) bond motifs is 1. The van der Waals surface area contributed by atoms with E-state index in [0.29, 0.717) is 11.2 Å². The van der Waals surface area contributed by atoms with Crippen molar-refractivity contribution in [2.24, 2.45) is 0 Å². The zero-order chi connectivity index (χ0) is 23.4. The van der Waals surface area contributed by atoms with Crippen LogP contribution in [-0.4, -0.2) is 70.9 Å². The molecule has 4 atom stereocenters. The molecule has 3 heterocycles. The fourth-order valence-corrected chi connectivity index (χ4v) is 5.52. The number of nitrogens with zero attached hydrogens (tertiary/aromatic N) is 3. The average molecular weight is 522 g/mol. The van der Waals surface area contributed by atoms with E-state index in [4.69, 9.17) is 0 Å². The van der Waals surface area contributed by atoms with Crippen LogP contribution in [0.4, 0.5) is 22.0 Å². The van der Waals surface area contributed by atoms with Crippen LogP contribution in [0.1, 0.15) is 30.4 Å². The van der Waals surface area contributed by atoms with Crippen LogP contribution >= 0.6 is 15.9 Å². The highest BCUT2D eigenvalue weighted by Gasteiger charge is 2.48. The molecule has 2 saturated heterocycles. The molecule has 1 aromatic carbocycles. The topological polar surface area (TPSA) is 43.9 Å². The van der Waals surface area contributed by atoms with Crippen molar-refractivity contribution in [1.82, 2.24) is 14.7 Å². The smallest absolute Gasteiger partial charge is 0.349 e. The van der Waals surface area contributed by atoms with Crippen molar-refractivity contribution < 1.29 is 31.5 Å². The molecule has 2 fully saturated rings. The van der Waals surface area contributed by atoms with Gasteiger partial charge in [-0.1, -0.05) is 6.07 Å². The first-order valence-electron chi connectivity index (χ1n) is 10.2. The van der Waals surface area contributed by atoms with Crippen molar-refractivity contribution in [2.75, 3.05) is 26.2 Å². The Morgan fingerprint density at radius 3 is 2.59 bits per heavy atom. The van der Waals surface area contributed by atoms with Crippen molar-refractivity contribution in [3.8, 4) is 0 Å². The Hall–Kier alpha value is -2.17. The fourth-order valence-electron chi connectivity index (χ4n) is 4.67. The minimum Gasteiger partial charge on any atom is -0.349 e. The summed E-state index contributed by atoms with van der Waals surface area (Å²) in [5.74, 6) is -2.92. The SMILES string of the molecule is CC1CN(CC(=O)N2CCC(F)C2)C(=O)C2C(c3ccc(F)c(C(F)(F)F)c3)C=C(Br)N12. The van der Waals surface area contributed by atoms with Gasteiger partial charge in [0, 0.05) is 25.0 Å². The number of halogens is 6. The van der Waals surface area contributed by atoms with Crippen molar-refractivity contribution in [3.05, 3.63) is 45.8 Å². The number of alkyl halides is 4. The molecule has 3 aliphatic heterocycles. The molecule has 32 heavy (non-hydrogen) atoms. The summed E-state index contributed by atoms with van der Waals surface area (Å²) >= 11 is 3.39. The van der Waals surface area contributed by atoms with Crippen molar-refractivity contribution in [1.29, 1.82) is 0 Å². The quantitative estimate of drug-likeness (QED) is 0.450. The second-order valence-electron chi connectivity index (χ2n) is 8.40. The van der Waals surface area contributed by atoms with Crippen molar-refractivity contribution in [2.45, 2.75) is 43.7 Å². The number of rotatable bonds is 3. The summed E-state index contributed by atoms with van der Waals surface area (Å²) in [7, 11) is 0. The molecule has 174 valence electrons. The predicted octanol–water partition coefficient (Wildman–Crippen LogP) is 3.65. The number of benzene rings is 1. The van der Waals surface area contributed by atoms with E-state index in [-0.39, 0.29) is 43.6 Å². The largest absolute Gasteiger partial charge is 0.419 e. The summed E-state index contributed by atoms with van der Waals surface area (Å²) in [6.45, 7) is 2.15. The molecule has 4 rings (SSSR count). The molecule has 5 nitrogen and oxygen atoms in total. The van der Waals surface area contributed by atoms with Gasteiger partial charge in [-0.05, 0) is 53.0 Å². The zero-order valence-corrected chi connectivity index (χ0v) is 18.7. The molecule has 0 saturated carbocycles. The first-order valence-corrected chi connectivity index (χ1v) is 11.0. The maximum absolute atomic E-state index is 13.8. The number of carbonyl (C=O) groups is 2. The van der Waals surface area contributed by atoms with Crippen LogP contribution in [0.2, 0.25) is 0 Å². The van der Waals surface area contributed by atoms with Gasteiger partial charge in [-0.2, -0.15) is 13.2 Å². The van der Waals surface area contributed by atoms with Crippen LogP contribution in [0.25, 0.3) is 0 Å². The van der Waals surface area contributed by atoms with E-state index in [1.54, 1.807) is 11.0 Å². The Kier molecular flexibility index (Phi) is 5.98. The van der Waals surface area contributed by atoms with Crippen LogP contribution in [0.3, 0.4) is 0 Å². The Balaban J connectivity index is 1.60. The van der Waals surface area contributed by atoms with Crippen LogP contribution in [0.15, 0.2) is 28.9 Å². The van der Waals surface area contributed by atoms with E-state index in [0.717, 1.165) is 12.1 Å². The Morgan fingerprint density at radius 2 is 1.97 bits per heavy atom. The average Bonchev–Trinajstić information content (AvgIpc) is 3.29. The van der Waals surface area contributed by atoms with E-state index in [2.05, 4.69) is 15.9 Å². The second kappa shape index (κ2) is 8.31. The minimum absolute atomic E-state index is 0.00248. The molecule has 0 bridgehead atoms. The standard InChI is InChI=1S/C21H21BrF5N3O2/c1-11-8-29(10-18(31)28-5-4-13(23)9-28)20(32)19-14(7-17(22)30(11)19)12-2-3-16(24)15(6-12)21(25,26)27/h2-3,6-7,11,13-14,19H,4-5,8-10H2,1H3. The van der Waals surface area contributed by atoms with Crippen molar-refractivity contribution >= 4 is 27.7 Å². The monoisotopic (exact) mass is 521 g/mol. The second-order valence-corrected chi connectivity index (χ2v) is 9.21. The van der Waals surface area contributed by atoms with Gasteiger partial charge in [0.15, 0.2) is 0 Å². The highest BCUT2D eigenvalue weighted by Crippen LogP contribution is 2.43. The third-order valence-electron chi connectivity index (χ3n) is 6.22. The highest BCUT2D eigenvalue weighted by molar-refractivity contribution is 9.11. The lowest BCUT2D eigenvalue weighted by Crippen LogP contribution is -2.61. The molecule has 0 N–H and O–H groups in total. The predicted molar refractivity (Wildman–Crippen MR) is 109 cm³/mol. The van der Waals surface area contributed by atoms with Gasteiger partial charge >= 0.3 is 6.18 Å². The number of hydrogen-bond acceptors (Lipinski definition) is 3. The molecule has 0 radical (unpaired) electrons. The number of likely N-dealkylation sites (tertiary alicyclic amines) is 1. The Bertz CT molecular complexity index is 969. The maximum Gasteiger partial charge on any atom is 0.419 e. The molecular formula is C21H21BrF5N3O2. The summed E-state index contributed by atoms with van der Waals surface area (Å²) in [5, 5.41) is 0. The van der Waals surface area contributed by atoms with Gasteiger partial charge < -0.3 is 14.7 Å². The third kappa shape index (κ3) is 4.11. The molecule has 11 heteroatoms. The zero-order valence-electron chi connectivity index (χ0n) is 17.1. The normalized spacial score (nSPS) is 28.3. The number of carbonyl (C=O) groups excluding carboxylic acids is 2. The molecule has 0 spiro atoms. The lowest BCUT2D eigenvalue weighted by atomic mass is 9.89. The highest BCUT2D eigenvalue weighted by atomic mass is 79.9. The van der Waals surface area contributed by atoms with Gasteiger partial charge in [0.05, 0.1) is 23.3 Å². The summed E-state index contributed by atoms with van der Waals surface area (Å²) in [6.07, 6.45) is -4.05. The van der Waals surface area contributed by atoms with Gasteiger partial charge in [-0.15, -0.1) is 0 Å². The summed E-state index contributed by atoms with van der Waals surface area (Å²) < 4.78 is 67.5. The molecule has 2 amide bonds. The first-order chi connectivity index (χ1) is 15.0. The number of amides is 2. The van der Waals surface area contributed by atoms with Crippen LogP contribution in [0.5, 0.6) is 0 Å². The Labute approximate surface area is 189 Å². The lowest BCUT2D eigenvalue weighted by Gasteiger charge is -2.44. The molecule has 0 aromatic heterocycles. The van der Waals surface area contributed by atoms with Gasteiger partial charge in [0.25, 0.3) is 0 Å². The summed E-state index contributed by atoms with van der Waals surface area (Å²) in [4.78, 5) is 30.4. The van der Waals surface area contributed by atoms with E-state index in [1.807, 2.05) is 6.92 Å². The Morgan fingerprint density at radius 1 is 1.25 bits per heavy atom. The van der Waals surface area contributed by atoms with Crippen molar-refractivity contribution in [3.63, 3.8) is 0 Å². The third-order valence-corrected chi connectivity index (χ3v) is 6.89. The van der Waals surface area contributed by atoms with E-state index < -0.39 is 41.6 Å². The van der Waals surface area contributed by atoms with Gasteiger partial charge in [-0.3, -0.25) is 9.59 Å². The lowest BCUT2D eigenvalue weighted by molar-refractivity contribution is -0.148. The van der Waals surface area contributed by atoms with Crippen LogP contribution in [0, 0.1) is 5.82 Å². The van der Waals surface area contributed by atoms with Crippen LogP contribution in [-0.2, 0) is 15.8 Å². The fraction of sp³-hybridized carbons (Fsp3) is 0.524. The molecule has 3 aliphatic rings. The summed E-state index contributed by atoms with van der Waals surface area (Å²) in [6, 6.07) is 1.62. The van der Waals surface area contributed by atoms with E-state index in [1.165, 1.54) is 15.9 Å². The molecule has 1 aromatic rings. The number of hydrogen-bond donors (Lipinski definition) is 0. The van der Waals surface area contributed by atoms with Gasteiger partial charge in [0.2, 0.25) is 11.8 Å². The van der Waals surface area contributed by atoms with Crippen LogP contribution < -0.4 is 0 Å². The first kappa shape index (κ1) is 23.0. The van der Waals surface area contributed by atoms with Gasteiger partial charge in [0.1, 0.15) is 18.0 Å². The summed E-state index contributed by atoms with van der Waals surface area (Å²) in [5.41, 5.74) is -1.24. The maximum atomic E-state index is 13.8. The van der Waals surface area contributed by atoms with Gasteiger partial charge in [-0.25, -0.2) is 8.78 Å². The van der Waals surface area contributed by atoms with E-state index >= 15 is 0 Å². The van der Waals surface area contributed by atoms with E-state index in [9.17, 15) is 31.5 Å². The number of piperazine rings is 1. The molecular weight excluding hydrogens is 501 g/mol. The molecule has 0 aliphatic carbocycles.